The zero-order chi connectivity index (χ0) is 12.0. The molecule has 1 aliphatic heterocycles. The topological polar surface area (TPSA) is 70.3 Å². The molecule has 0 amide bonds. The average molecular weight is 221 g/mol. The third-order valence-electron chi connectivity index (χ3n) is 3.20. The van der Waals surface area contributed by atoms with E-state index in [1.807, 2.05) is 27.7 Å². The van der Waals surface area contributed by atoms with Crippen LogP contribution in [0, 0.1) is 0 Å². The molecule has 6 heteroatoms. The van der Waals surface area contributed by atoms with Gasteiger partial charge in [-0.15, -0.1) is 0 Å². The molecule has 0 aromatic carbocycles. The van der Waals surface area contributed by atoms with Crippen LogP contribution in [-0.2, 0) is 9.31 Å². The largest absolute Gasteiger partial charge is 0.514 e. The summed E-state index contributed by atoms with van der Waals surface area (Å²) in [5.74, 6) is 0.416. The average Bonchev–Trinajstić information content (AvgIpc) is 2.36. The van der Waals surface area contributed by atoms with Gasteiger partial charge in [0.25, 0.3) is 0 Å². The van der Waals surface area contributed by atoms with Gasteiger partial charge >= 0.3 is 7.12 Å². The SMILES string of the molecule is CC1(C)OB(c2cc(N)ncn2)OC1(C)C. The van der Waals surface area contributed by atoms with Crippen LogP contribution < -0.4 is 11.3 Å². The molecule has 0 saturated carbocycles. The lowest BCUT2D eigenvalue weighted by atomic mass is 9.84. The highest BCUT2D eigenvalue weighted by molar-refractivity contribution is 6.61. The summed E-state index contributed by atoms with van der Waals surface area (Å²) in [6.07, 6.45) is 1.41. The quantitative estimate of drug-likeness (QED) is 0.693. The molecule has 5 nitrogen and oxygen atoms in total. The molecule has 0 atom stereocenters. The van der Waals surface area contributed by atoms with Gasteiger partial charge in [0.2, 0.25) is 0 Å². The van der Waals surface area contributed by atoms with Gasteiger partial charge in [0, 0.05) is 0 Å². The van der Waals surface area contributed by atoms with Crippen molar-refractivity contribution < 1.29 is 9.31 Å². The Labute approximate surface area is 95.5 Å². The Morgan fingerprint density at radius 1 is 1.12 bits per heavy atom. The number of hydrogen-bond acceptors (Lipinski definition) is 5. The molecule has 1 aromatic rings. The van der Waals surface area contributed by atoms with Crippen LogP contribution in [0.4, 0.5) is 5.82 Å². The van der Waals surface area contributed by atoms with E-state index in [2.05, 4.69) is 9.97 Å². The molecule has 0 unspecified atom stereocenters. The van der Waals surface area contributed by atoms with Crippen LogP contribution in [-0.4, -0.2) is 28.3 Å². The summed E-state index contributed by atoms with van der Waals surface area (Å²) in [4.78, 5) is 7.95. The summed E-state index contributed by atoms with van der Waals surface area (Å²) in [5, 5.41) is 0. The lowest BCUT2D eigenvalue weighted by Crippen LogP contribution is -2.41. The van der Waals surface area contributed by atoms with Gasteiger partial charge in [-0.25, -0.2) is 9.97 Å². The summed E-state index contributed by atoms with van der Waals surface area (Å²) < 4.78 is 11.7. The molecular weight excluding hydrogens is 205 g/mol. The van der Waals surface area contributed by atoms with E-state index in [1.54, 1.807) is 6.07 Å². The van der Waals surface area contributed by atoms with Crippen LogP contribution in [0.2, 0.25) is 0 Å². The highest BCUT2D eigenvalue weighted by Crippen LogP contribution is 2.36. The van der Waals surface area contributed by atoms with Crippen molar-refractivity contribution in [3.63, 3.8) is 0 Å². The van der Waals surface area contributed by atoms with Gasteiger partial charge in [-0.3, -0.25) is 0 Å². The maximum Gasteiger partial charge on any atom is 0.514 e. The van der Waals surface area contributed by atoms with Crippen LogP contribution >= 0.6 is 0 Å². The van der Waals surface area contributed by atoms with Gasteiger partial charge in [-0.1, -0.05) is 0 Å². The van der Waals surface area contributed by atoms with Gasteiger partial charge in [-0.2, -0.15) is 0 Å². The number of aromatic nitrogens is 2. The summed E-state index contributed by atoms with van der Waals surface area (Å²) in [7, 11) is -0.477. The second-order valence-corrected chi connectivity index (χ2v) is 4.96. The van der Waals surface area contributed by atoms with Gasteiger partial charge in [0.1, 0.15) is 12.1 Å². The van der Waals surface area contributed by atoms with Gasteiger partial charge in [-0.05, 0) is 33.8 Å². The van der Waals surface area contributed by atoms with Crippen molar-refractivity contribution in [1.82, 2.24) is 9.97 Å². The molecule has 2 N–H and O–H groups in total. The van der Waals surface area contributed by atoms with E-state index in [9.17, 15) is 0 Å². The second kappa shape index (κ2) is 3.43. The summed E-state index contributed by atoms with van der Waals surface area (Å²) >= 11 is 0. The Kier molecular flexibility index (Phi) is 2.43. The fourth-order valence-corrected chi connectivity index (χ4v) is 1.48. The standard InChI is InChI=1S/C10H16BN3O2/c1-9(2)10(3,4)16-11(15-9)7-5-8(12)14-6-13-7/h5-6H,1-4H3,(H2,12,13,14). The Bertz CT molecular complexity index is 393. The summed E-state index contributed by atoms with van der Waals surface area (Å²) in [5.41, 5.74) is 5.53. The fraction of sp³-hybridized carbons (Fsp3) is 0.600. The van der Waals surface area contributed by atoms with Crippen molar-refractivity contribution in [3.05, 3.63) is 12.4 Å². The zero-order valence-corrected chi connectivity index (χ0v) is 10.0. The number of anilines is 1. The van der Waals surface area contributed by atoms with Gasteiger partial charge < -0.3 is 15.0 Å². The lowest BCUT2D eigenvalue weighted by Gasteiger charge is -2.32. The summed E-state index contributed by atoms with van der Waals surface area (Å²) in [6.45, 7) is 7.99. The molecule has 1 aromatic heterocycles. The van der Waals surface area contributed by atoms with Gasteiger partial charge in [0.15, 0.2) is 0 Å². The van der Waals surface area contributed by atoms with Crippen LogP contribution in [0.15, 0.2) is 12.4 Å². The van der Waals surface area contributed by atoms with Crippen LogP contribution in [0.1, 0.15) is 27.7 Å². The lowest BCUT2D eigenvalue weighted by molar-refractivity contribution is 0.00578. The highest BCUT2D eigenvalue weighted by Gasteiger charge is 2.52. The molecule has 16 heavy (non-hydrogen) atoms. The molecule has 0 spiro atoms. The first-order chi connectivity index (χ1) is 7.32. The first-order valence-electron chi connectivity index (χ1n) is 5.25. The molecule has 0 aliphatic carbocycles. The monoisotopic (exact) mass is 221 g/mol. The third kappa shape index (κ3) is 1.78. The fourth-order valence-electron chi connectivity index (χ4n) is 1.48. The van der Waals surface area contributed by atoms with E-state index in [0.29, 0.717) is 11.4 Å². The minimum absolute atomic E-state index is 0.364. The van der Waals surface area contributed by atoms with Crippen LogP contribution in [0.5, 0.6) is 0 Å². The minimum atomic E-state index is -0.477. The Morgan fingerprint density at radius 3 is 2.19 bits per heavy atom. The number of rotatable bonds is 1. The van der Waals surface area contributed by atoms with Crippen molar-refractivity contribution in [1.29, 1.82) is 0 Å². The molecule has 2 heterocycles. The molecular formula is C10H16BN3O2. The maximum absolute atomic E-state index is 5.84. The van der Waals surface area contributed by atoms with Crippen molar-refractivity contribution in [2.24, 2.45) is 0 Å². The van der Waals surface area contributed by atoms with Gasteiger partial charge in [0.05, 0.1) is 16.8 Å². The van der Waals surface area contributed by atoms with E-state index in [0.717, 1.165) is 0 Å². The smallest absolute Gasteiger partial charge is 0.398 e. The minimum Gasteiger partial charge on any atom is -0.398 e. The van der Waals surface area contributed by atoms with Crippen molar-refractivity contribution in [3.8, 4) is 0 Å². The van der Waals surface area contributed by atoms with E-state index in [4.69, 9.17) is 15.0 Å². The van der Waals surface area contributed by atoms with Crippen LogP contribution in [0.25, 0.3) is 0 Å². The third-order valence-corrected chi connectivity index (χ3v) is 3.20. The van der Waals surface area contributed by atoms with Crippen LogP contribution in [0.3, 0.4) is 0 Å². The predicted octanol–water partition coefficient (Wildman–Crippen LogP) is 0.358. The Hall–Kier alpha value is -1.14. The molecule has 2 rings (SSSR count). The molecule has 1 aliphatic rings. The Balaban J connectivity index is 2.27. The molecule has 86 valence electrons. The number of nitrogen functional groups attached to an aromatic ring is 1. The van der Waals surface area contributed by atoms with E-state index < -0.39 is 7.12 Å². The Morgan fingerprint density at radius 2 is 1.69 bits per heavy atom. The first-order valence-corrected chi connectivity index (χ1v) is 5.25. The summed E-state index contributed by atoms with van der Waals surface area (Å²) in [6, 6.07) is 1.67. The zero-order valence-electron chi connectivity index (χ0n) is 10.0. The number of hydrogen-bond donors (Lipinski definition) is 1. The van der Waals surface area contributed by atoms with E-state index in [-0.39, 0.29) is 11.2 Å². The number of nitrogens with two attached hydrogens (primary N) is 1. The normalized spacial score (nSPS) is 22.4. The second-order valence-electron chi connectivity index (χ2n) is 4.96. The molecule has 1 saturated heterocycles. The highest BCUT2D eigenvalue weighted by atomic mass is 16.7. The van der Waals surface area contributed by atoms with Crippen molar-refractivity contribution in [2.75, 3.05) is 5.73 Å². The first kappa shape index (κ1) is 11.4. The van der Waals surface area contributed by atoms with E-state index in [1.165, 1.54) is 6.33 Å². The maximum atomic E-state index is 5.84. The van der Waals surface area contributed by atoms with Crippen molar-refractivity contribution >= 4 is 18.5 Å². The predicted molar refractivity (Wildman–Crippen MR) is 62.2 cm³/mol. The number of nitrogens with zero attached hydrogens (tertiary/aromatic N) is 2. The molecule has 1 fully saturated rings. The molecule has 0 radical (unpaired) electrons. The van der Waals surface area contributed by atoms with Crippen molar-refractivity contribution in [2.45, 2.75) is 38.9 Å². The van der Waals surface area contributed by atoms with E-state index >= 15 is 0 Å². The molecule has 0 bridgehead atoms.